The fourth-order valence-corrected chi connectivity index (χ4v) is 2.44. The van der Waals surface area contributed by atoms with Gasteiger partial charge in [0.05, 0.1) is 16.6 Å². The number of carboxylic acids is 1. The number of carbonyl (C=O) groups is 1. The Kier molecular flexibility index (Phi) is 3.17. The highest BCUT2D eigenvalue weighted by Gasteiger charge is 2.19. The van der Waals surface area contributed by atoms with Crippen LogP contribution in [0.3, 0.4) is 0 Å². The minimum Gasteiger partial charge on any atom is -0.478 e. The summed E-state index contributed by atoms with van der Waals surface area (Å²) >= 11 is 0. The molecule has 2 aromatic heterocycles. The third-order valence-electron chi connectivity index (χ3n) is 3.52. The third-order valence-corrected chi connectivity index (χ3v) is 3.52. The number of carboxylic acid groups (broad SMARTS) is 1. The summed E-state index contributed by atoms with van der Waals surface area (Å²) < 4.78 is 0. The van der Waals surface area contributed by atoms with Gasteiger partial charge in [-0.2, -0.15) is 0 Å². The zero-order valence-corrected chi connectivity index (χ0v) is 11.8. The van der Waals surface area contributed by atoms with Gasteiger partial charge in [-0.25, -0.2) is 14.8 Å². The SMILES string of the molecule is CCc1nc(-c2ccccc2C)c2c(C(=O)O)c[nH]c2n1. The summed E-state index contributed by atoms with van der Waals surface area (Å²) in [5.74, 6) is -0.288. The van der Waals surface area contributed by atoms with E-state index in [2.05, 4.69) is 15.0 Å². The van der Waals surface area contributed by atoms with Crippen LogP contribution in [-0.2, 0) is 6.42 Å². The maximum absolute atomic E-state index is 11.4. The van der Waals surface area contributed by atoms with Crippen LogP contribution in [0.5, 0.6) is 0 Å². The topological polar surface area (TPSA) is 78.9 Å². The van der Waals surface area contributed by atoms with Crippen molar-refractivity contribution in [1.82, 2.24) is 15.0 Å². The van der Waals surface area contributed by atoms with Crippen molar-refractivity contribution in [2.45, 2.75) is 20.3 Å². The summed E-state index contributed by atoms with van der Waals surface area (Å²) in [6, 6.07) is 7.82. The van der Waals surface area contributed by atoms with E-state index in [1.165, 1.54) is 6.20 Å². The fraction of sp³-hybridized carbons (Fsp3) is 0.188. The van der Waals surface area contributed by atoms with Crippen molar-refractivity contribution in [2.75, 3.05) is 0 Å². The van der Waals surface area contributed by atoms with Crippen LogP contribution in [0.2, 0.25) is 0 Å². The molecular formula is C16H15N3O2. The van der Waals surface area contributed by atoms with Crippen LogP contribution in [0.1, 0.15) is 28.7 Å². The molecule has 0 saturated carbocycles. The molecule has 0 spiro atoms. The number of nitrogens with one attached hydrogen (secondary N) is 1. The molecule has 0 radical (unpaired) electrons. The predicted molar refractivity (Wildman–Crippen MR) is 80.4 cm³/mol. The smallest absolute Gasteiger partial charge is 0.338 e. The molecule has 0 fully saturated rings. The molecule has 3 aromatic rings. The Labute approximate surface area is 121 Å². The van der Waals surface area contributed by atoms with Crippen LogP contribution in [0.15, 0.2) is 30.5 Å². The van der Waals surface area contributed by atoms with Gasteiger partial charge in [0, 0.05) is 18.2 Å². The first-order chi connectivity index (χ1) is 10.1. The largest absolute Gasteiger partial charge is 0.478 e. The molecule has 0 amide bonds. The molecule has 2 N–H and O–H groups in total. The lowest BCUT2D eigenvalue weighted by Gasteiger charge is -2.09. The standard InChI is InChI=1S/C16H15N3O2/c1-3-12-18-14(10-7-5-4-6-9(10)2)13-11(16(20)21)8-17-15(13)19-12/h4-8H,3H2,1-2H3,(H,20,21)(H,17,18,19). The number of aromatic nitrogens is 3. The predicted octanol–water partition coefficient (Wildman–Crippen LogP) is 3.19. The Hall–Kier alpha value is -2.69. The Morgan fingerprint density at radius 1 is 1.29 bits per heavy atom. The molecule has 0 bridgehead atoms. The van der Waals surface area contributed by atoms with Gasteiger partial charge in [-0.15, -0.1) is 0 Å². The molecule has 0 unspecified atom stereocenters. The number of fused-ring (bicyclic) bond motifs is 1. The lowest BCUT2D eigenvalue weighted by atomic mass is 10.0. The van der Waals surface area contributed by atoms with Gasteiger partial charge in [0.1, 0.15) is 11.5 Å². The summed E-state index contributed by atoms with van der Waals surface area (Å²) in [5.41, 5.74) is 3.43. The molecule has 3 rings (SSSR count). The van der Waals surface area contributed by atoms with E-state index in [9.17, 15) is 9.90 Å². The first-order valence-corrected chi connectivity index (χ1v) is 6.79. The molecular weight excluding hydrogens is 266 g/mol. The van der Waals surface area contributed by atoms with Crippen molar-refractivity contribution in [2.24, 2.45) is 0 Å². The van der Waals surface area contributed by atoms with Crippen LogP contribution >= 0.6 is 0 Å². The monoisotopic (exact) mass is 281 g/mol. The minimum atomic E-state index is -0.982. The van der Waals surface area contributed by atoms with Gasteiger partial charge in [0.25, 0.3) is 0 Å². The molecule has 2 heterocycles. The minimum absolute atomic E-state index is 0.200. The lowest BCUT2D eigenvalue weighted by Crippen LogP contribution is -2.01. The Bertz CT molecular complexity index is 837. The molecule has 0 saturated heterocycles. The number of hydrogen-bond donors (Lipinski definition) is 2. The average Bonchev–Trinajstić information content (AvgIpc) is 2.91. The van der Waals surface area contributed by atoms with Crippen LogP contribution in [0, 0.1) is 6.92 Å². The van der Waals surface area contributed by atoms with Crippen molar-refractivity contribution < 1.29 is 9.90 Å². The summed E-state index contributed by atoms with van der Waals surface area (Å²) in [4.78, 5) is 23.3. The number of H-pyrrole nitrogens is 1. The molecule has 5 heteroatoms. The molecule has 1 aromatic carbocycles. The van der Waals surface area contributed by atoms with E-state index in [1.807, 2.05) is 38.1 Å². The van der Waals surface area contributed by atoms with Gasteiger partial charge < -0.3 is 10.1 Å². The van der Waals surface area contributed by atoms with E-state index in [0.29, 0.717) is 29.0 Å². The molecule has 106 valence electrons. The average molecular weight is 281 g/mol. The van der Waals surface area contributed by atoms with Crippen molar-refractivity contribution in [3.8, 4) is 11.3 Å². The van der Waals surface area contributed by atoms with Crippen LogP contribution in [0.25, 0.3) is 22.3 Å². The van der Waals surface area contributed by atoms with E-state index in [0.717, 1.165) is 11.1 Å². The third kappa shape index (κ3) is 2.16. The van der Waals surface area contributed by atoms with E-state index in [4.69, 9.17) is 0 Å². The van der Waals surface area contributed by atoms with Gasteiger partial charge in [0.2, 0.25) is 0 Å². The normalized spacial score (nSPS) is 11.0. The molecule has 0 atom stereocenters. The lowest BCUT2D eigenvalue weighted by molar-refractivity contribution is 0.0699. The van der Waals surface area contributed by atoms with E-state index in [1.54, 1.807) is 0 Å². The highest BCUT2D eigenvalue weighted by atomic mass is 16.4. The van der Waals surface area contributed by atoms with Gasteiger partial charge in [0.15, 0.2) is 0 Å². The van der Waals surface area contributed by atoms with E-state index < -0.39 is 5.97 Å². The maximum Gasteiger partial charge on any atom is 0.338 e. The Morgan fingerprint density at radius 2 is 2.05 bits per heavy atom. The van der Waals surface area contributed by atoms with Crippen LogP contribution in [-0.4, -0.2) is 26.0 Å². The first-order valence-electron chi connectivity index (χ1n) is 6.79. The number of nitrogens with zero attached hydrogens (tertiary/aromatic N) is 2. The number of aromatic carboxylic acids is 1. The second-order valence-corrected chi connectivity index (χ2v) is 4.89. The van der Waals surface area contributed by atoms with Crippen molar-refractivity contribution in [3.63, 3.8) is 0 Å². The van der Waals surface area contributed by atoms with Crippen molar-refractivity contribution in [3.05, 3.63) is 47.4 Å². The van der Waals surface area contributed by atoms with Crippen molar-refractivity contribution in [1.29, 1.82) is 0 Å². The quantitative estimate of drug-likeness (QED) is 0.772. The summed E-state index contributed by atoms with van der Waals surface area (Å²) in [6.45, 7) is 3.96. The number of rotatable bonds is 3. The molecule has 21 heavy (non-hydrogen) atoms. The number of benzene rings is 1. The molecule has 5 nitrogen and oxygen atoms in total. The summed E-state index contributed by atoms with van der Waals surface area (Å²) in [6.07, 6.45) is 2.17. The number of hydrogen-bond acceptors (Lipinski definition) is 3. The summed E-state index contributed by atoms with van der Waals surface area (Å²) in [7, 11) is 0. The molecule has 0 aliphatic heterocycles. The van der Waals surface area contributed by atoms with Gasteiger partial charge in [-0.3, -0.25) is 0 Å². The highest BCUT2D eigenvalue weighted by molar-refractivity contribution is 6.07. The second-order valence-electron chi connectivity index (χ2n) is 4.89. The maximum atomic E-state index is 11.4. The van der Waals surface area contributed by atoms with Crippen LogP contribution < -0.4 is 0 Å². The highest BCUT2D eigenvalue weighted by Crippen LogP contribution is 2.30. The fourth-order valence-electron chi connectivity index (χ4n) is 2.44. The number of aromatic amines is 1. The van der Waals surface area contributed by atoms with E-state index in [-0.39, 0.29) is 5.56 Å². The first kappa shape index (κ1) is 13.3. The molecule has 0 aliphatic rings. The van der Waals surface area contributed by atoms with Gasteiger partial charge >= 0.3 is 5.97 Å². The molecule has 0 aliphatic carbocycles. The number of aryl methyl sites for hydroxylation is 2. The zero-order chi connectivity index (χ0) is 15.0. The van der Waals surface area contributed by atoms with Crippen LogP contribution in [0.4, 0.5) is 0 Å². The summed E-state index contributed by atoms with van der Waals surface area (Å²) in [5, 5.41) is 9.93. The Morgan fingerprint density at radius 3 is 2.71 bits per heavy atom. The van der Waals surface area contributed by atoms with E-state index >= 15 is 0 Å². The zero-order valence-electron chi connectivity index (χ0n) is 11.8. The Balaban J connectivity index is 2.41. The van der Waals surface area contributed by atoms with Gasteiger partial charge in [-0.05, 0) is 12.5 Å². The van der Waals surface area contributed by atoms with Gasteiger partial charge in [-0.1, -0.05) is 31.2 Å². The van der Waals surface area contributed by atoms with Crippen molar-refractivity contribution >= 4 is 17.0 Å². The second kappa shape index (κ2) is 5.01.